The van der Waals surface area contributed by atoms with Crippen LogP contribution in [-0.2, 0) is 0 Å². The molecular weight excluding hydrogens is 284 g/mol. The molecule has 6 nitrogen and oxygen atoms in total. The van der Waals surface area contributed by atoms with E-state index in [1.807, 2.05) is 0 Å². The number of rotatable bonds is 4. The molecule has 0 aliphatic rings. The van der Waals surface area contributed by atoms with Crippen LogP contribution in [0.25, 0.3) is 0 Å². The summed E-state index contributed by atoms with van der Waals surface area (Å²) in [4.78, 5) is 13.5. The number of phenolic OH excluding ortho intramolecular Hbond substituents is 2. The number of ether oxygens (including phenoxy) is 1. The molecule has 0 bridgehead atoms. The first-order valence-electron chi connectivity index (χ1n) is 6.74. The van der Waals surface area contributed by atoms with Crippen molar-refractivity contribution in [3.63, 3.8) is 0 Å². The quantitative estimate of drug-likeness (QED) is 0.758. The first-order valence-corrected chi connectivity index (χ1v) is 6.74. The smallest absolute Gasteiger partial charge is 0.324 e. The molecule has 0 radical (unpaired) electrons. The highest BCUT2D eigenvalue weighted by atomic mass is 16.5. The number of amides is 2. The molecule has 0 aliphatic carbocycles. The molecule has 116 valence electrons. The molecule has 1 atom stereocenters. The SMILES string of the molecule is CC(NC(=O)N(C)c1ccc(O)cc1)Oc1ccc(O)cc1. The molecule has 0 heterocycles. The average Bonchev–Trinajstić information content (AvgIpc) is 2.49. The van der Waals surface area contributed by atoms with Crippen LogP contribution in [0.3, 0.4) is 0 Å². The van der Waals surface area contributed by atoms with Crippen LogP contribution in [0.5, 0.6) is 17.2 Å². The van der Waals surface area contributed by atoms with Gasteiger partial charge in [0.1, 0.15) is 17.2 Å². The summed E-state index contributed by atoms with van der Waals surface area (Å²) in [5.41, 5.74) is 0.645. The molecule has 1 unspecified atom stereocenters. The van der Waals surface area contributed by atoms with Crippen LogP contribution in [-0.4, -0.2) is 29.5 Å². The Morgan fingerprint density at radius 3 is 2.09 bits per heavy atom. The van der Waals surface area contributed by atoms with Gasteiger partial charge in [-0.05, 0) is 55.5 Å². The van der Waals surface area contributed by atoms with E-state index in [0.29, 0.717) is 11.4 Å². The molecule has 2 amide bonds. The lowest BCUT2D eigenvalue weighted by atomic mass is 10.3. The number of carbonyl (C=O) groups excluding carboxylic acids is 1. The zero-order valence-corrected chi connectivity index (χ0v) is 12.4. The standard InChI is InChI=1S/C16H18N2O4/c1-11(22-15-9-7-14(20)8-10-15)17-16(21)18(2)12-3-5-13(19)6-4-12/h3-11,19-20H,1-2H3,(H,17,21). The van der Waals surface area contributed by atoms with Crippen molar-refractivity contribution in [3.8, 4) is 17.2 Å². The minimum absolute atomic E-state index is 0.140. The predicted molar refractivity (Wildman–Crippen MR) is 83.2 cm³/mol. The van der Waals surface area contributed by atoms with Gasteiger partial charge in [0.25, 0.3) is 0 Å². The topological polar surface area (TPSA) is 82.0 Å². The average molecular weight is 302 g/mol. The molecule has 3 N–H and O–H groups in total. The number of carbonyl (C=O) groups is 1. The second-order valence-corrected chi connectivity index (χ2v) is 4.78. The van der Waals surface area contributed by atoms with E-state index in [9.17, 15) is 15.0 Å². The van der Waals surface area contributed by atoms with Gasteiger partial charge in [-0.25, -0.2) is 4.79 Å². The highest BCUT2D eigenvalue weighted by Crippen LogP contribution is 2.18. The first-order chi connectivity index (χ1) is 10.5. The lowest BCUT2D eigenvalue weighted by Crippen LogP contribution is -2.44. The summed E-state index contributed by atoms with van der Waals surface area (Å²) in [7, 11) is 1.62. The molecule has 2 aromatic carbocycles. The monoisotopic (exact) mass is 302 g/mol. The Labute approximate surface area is 128 Å². The van der Waals surface area contributed by atoms with Gasteiger partial charge < -0.3 is 20.3 Å². The number of urea groups is 1. The summed E-state index contributed by atoms with van der Waals surface area (Å²) >= 11 is 0. The Bertz CT molecular complexity index is 626. The van der Waals surface area contributed by atoms with Crippen LogP contribution in [0.4, 0.5) is 10.5 Å². The van der Waals surface area contributed by atoms with Crippen molar-refractivity contribution in [1.29, 1.82) is 0 Å². The maximum absolute atomic E-state index is 12.1. The van der Waals surface area contributed by atoms with Crippen molar-refractivity contribution in [2.75, 3.05) is 11.9 Å². The summed E-state index contributed by atoms with van der Waals surface area (Å²) in [5.74, 6) is 0.829. The fourth-order valence-corrected chi connectivity index (χ4v) is 1.82. The number of nitrogens with zero attached hydrogens (tertiary/aromatic N) is 1. The van der Waals surface area contributed by atoms with Gasteiger partial charge in [-0.3, -0.25) is 4.90 Å². The zero-order valence-electron chi connectivity index (χ0n) is 12.4. The van der Waals surface area contributed by atoms with Crippen LogP contribution >= 0.6 is 0 Å². The van der Waals surface area contributed by atoms with Crippen LogP contribution in [0, 0.1) is 0 Å². The first kappa shape index (κ1) is 15.5. The van der Waals surface area contributed by atoms with Crippen molar-refractivity contribution < 1.29 is 19.7 Å². The molecule has 0 aliphatic heterocycles. The van der Waals surface area contributed by atoms with E-state index in [1.165, 1.54) is 29.2 Å². The fourth-order valence-electron chi connectivity index (χ4n) is 1.82. The molecule has 22 heavy (non-hydrogen) atoms. The summed E-state index contributed by atoms with van der Waals surface area (Å²) in [6.07, 6.45) is -0.545. The number of hydrogen-bond donors (Lipinski definition) is 3. The largest absolute Gasteiger partial charge is 0.508 e. The number of aromatic hydroxyl groups is 2. The van der Waals surface area contributed by atoms with E-state index in [0.717, 1.165) is 0 Å². The van der Waals surface area contributed by atoms with Crippen molar-refractivity contribution in [2.45, 2.75) is 13.2 Å². The van der Waals surface area contributed by atoms with Gasteiger partial charge in [-0.1, -0.05) is 0 Å². The van der Waals surface area contributed by atoms with E-state index in [4.69, 9.17) is 4.74 Å². The van der Waals surface area contributed by atoms with Crippen molar-refractivity contribution in [1.82, 2.24) is 5.32 Å². The van der Waals surface area contributed by atoms with E-state index in [-0.39, 0.29) is 17.5 Å². The summed E-state index contributed by atoms with van der Waals surface area (Å²) < 4.78 is 5.54. The number of anilines is 1. The zero-order chi connectivity index (χ0) is 16.1. The van der Waals surface area contributed by atoms with Crippen LogP contribution in [0.15, 0.2) is 48.5 Å². The van der Waals surface area contributed by atoms with Crippen molar-refractivity contribution >= 4 is 11.7 Å². The molecule has 2 rings (SSSR count). The third-order valence-corrected chi connectivity index (χ3v) is 3.02. The van der Waals surface area contributed by atoms with Gasteiger partial charge in [0, 0.05) is 12.7 Å². The van der Waals surface area contributed by atoms with Gasteiger partial charge in [0.15, 0.2) is 6.23 Å². The number of phenols is 2. The Hall–Kier alpha value is -2.89. The van der Waals surface area contributed by atoms with Gasteiger partial charge in [-0.2, -0.15) is 0 Å². The maximum atomic E-state index is 12.1. The summed E-state index contributed by atoms with van der Waals surface area (Å²) in [6, 6.07) is 12.2. The van der Waals surface area contributed by atoms with Crippen LogP contribution < -0.4 is 15.0 Å². The molecule has 0 fully saturated rings. The van der Waals surface area contributed by atoms with Gasteiger partial charge in [0.05, 0.1) is 0 Å². The van der Waals surface area contributed by atoms with Crippen molar-refractivity contribution in [2.24, 2.45) is 0 Å². The molecule has 0 spiro atoms. The van der Waals surface area contributed by atoms with Crippen LogP contribution in [0.1, 0.15) is 6.92 Å². The molecule has 0 saturated heterocycles. The number of benzene rings is 2. The third kappa shape index (κ3) is 4.05. The van der Waals surface area contributed by atoms with E-state index in [1.54, 1.807) is 38.2 Å². The molecule has 6 heteroatoms. The highest BCUT2D eigenvalue weighted by Gasteiger charge is 2.14. The van der Waals surface area contributed by atoms with E-state index >= 15 is 0 Å². The molecule has 2 aromatic rings. The molecule has 0 saturated carbocycles. The van der Waals surface area contributed by atoms with E-state index < -0.39 is 6.23 Å². The Morgan fingerprint density at radius 2 is 1.55 bits per heavy atom. The van der Waals surface area contributed by atoms with Gasteiger partial charge >= 0.3 is 6.03 Å². The minimum atomic E-state index is -0.545. The number of nitrogens with one attached hydrogen (secondary N) is 1. The molecule has 0 aromatic heterocycles. The predicted octanol–water partition coefficient (Wildman–Crippen LogP) is 2.67. The summed E-state index contributed by atoms with van der Waals surface area (Å²) in [6.45, 7) is 1.70. The Kier molecular flexibility index (Phi) is 4.73. The highest BCUT2D eigenvalue weighted by molar-refractivity contribution is 5.91. The fraction of sp³-hybridized carbons (Fsp3) is 0.188. The third-order valence-electron chi connectivity index (χ3n) is 3.02. The van der Waals surface area contributed by atoms with Crippen molar-refractivity contribution in [3.05, 3.63) is 48.5 Å². The lowest BCUT2D eigenvalue weighted by Gasteiger charge is -2.22. The second kappa shape index (κ2) is 6.71. The molecular formula is C16H18N2O4. The Morgan fingerprint density at radius 1 is 1.05 bits per heavy atom. The second-order valence-electron chi connectivity index (χ2n) is 4.78. The minimum Gasteiger partial charge on any atom is -0.508 e. The van der Waals surface area contributed by atoms with E-state index in [2.05, 4.69) is 5.32 Å². The van der Waals surface area contributed by atoms with Crippen LogP contribution in [0.2, 0.25) is 0 Å². The maximum Gasteiger partial charge on any atom is 0.324 e. The normalized spacial score (nSPS) is 11.5. The number of hydrogen-bond acceptors (Lipinski definition) is 4. The summed E-state index contributed by atoms with van der Waals surface area (Å²) in [5, 5.41) is 21.1. The van der Waals surface area contributed by atoms with Gasteiger partial charge in [-0.15, -0.1) is 0 Å². The Balaban J connectivity index is 1.92. The van der Waals surface area contributed by atoms with Gasteiger partial charge in [0.2, 0.25) is 0 Å². The lowest BCUT2D eigenvalue weighted by molar-refractivity contribution is 0.180.